The second-order valence-electron chi connectivity index (χ2n) is 4.08. The molecule has 12 heavy (non-hydrogen) atoms. The zero-order chi connectivity index (χ0) is 10.4. The molecule has 0 spiro atoms. The Kier molecular flexibility index (Phi) is 8.12. The maximum atomic E-state index is 5.57. The Balaban J connectivity index is 0. The van der Waals surface area contributed by atoms with Crippen LogP contribution in [0.25, 0.3) is 0 Å². The van der Waals surface area contributed by atoms with E-state index in [1.165, 1.54) is 0 Å². The molecule has 0 rings (SSSR count). The third-order valence-corrected chi connectivity index (χ3v) is 3.48. The van der Waals surface area contributed by atoms with E-state index < -0.39 is 6.69 Å². The molecule has 0 aromatic carbocycles. The summed E-state index contributed by atoms with van der Waals surface area (Å²) >= 11 is 13.3. The first-order valence-electron chi connectivity index (χ1n) is 3.77. The monoisotopic (exact) mass is 216 g/mol. The van der Waals surface area contributed by atoms with Gasteiger partial charge in [0.25, 0.3) is 6.69 Å². The first-order valence-corrected chi connectivity index (χ1v) is 7.95. The summed E-state index contributed by atoms with van der Waals surface area (Å²) in [6, 6.07) is 0. The third-order valence-electron chi connectivity index (χ3n) is 0.544. The first-order chi connectivity index (χ1) is 5.12. The van der Waals surface area contributed by atoms with Gasteiger partial charge in [-0.3, -0.25) is 0 Å². The minimum atomic E-state index is -2.18. The number of hydrogen-bond acceptors (Lipinski definition) is 0. The summed E-state index contributed by atoms with van der Waals surface area (Å²) in [6.07, 6.45) is 0. The first kappa shape index (κ1) is 15.4. The van der Waals surface area contributed by atoms with Crippen LogP contribution in [0.5, 0.6) is 0 Å². The summed E-state index contributed by atoms with van der Waals surface area (Å²) in [5.41, 5.74) is 3.09. The minimum absolute atomic E-state index is 0.500. The topological polar surface area (TPSA) is 0 Å². The van der Waals surface area contributed by atoms with Gasteiger partial charge in [-0.05, 0) is 0 Å². The van der Waals surface area contributed by atoms with Crippen LogP contribution in [0.15, 0.2) is 24.6 Å². The molecule has 0 radical (unpaired) electrons. The SMILES string of the molecule is C=C[Si](Cl)(Cl)C=C.[Li][C](C)(C)C. The van der Waals surface area contributed by atoms with E-state index in [9.17, 15) is 0 Å². The van der Waals surface area contributed by atoms with Gasteiger partial charge < -0.3 is 0 Å². The average molecular weight is 217 g/mol. The maximum absolute atomic E-state index is 5.57. The molecule has 0 aliphatic rings. The molecule has 66 valence electrons. The standard InChI is InChI=1S/C4H6Cl2Si.C4H9.Li/c1-3-7(5,6)4-2;1-4(2)3;/h3-4H,1-2H2;1-3H3;. The Morgan fingerprint density at radius 2 is 1.33 bits per heavy atom. The van der Waals surface area contributed by atoms with Gasteiger partial charge in [0.2, 0.25) is 0 Å². The average Bonchev–Trinajstić information content (AvgIpc) is 1.85. The van der Waals surface area contributed by atoms with Gasteiger partial charge in [-0.25, -0.2) is 0 Å². The van der Waals surface area contributed by atoms with Gasteiger partial charge in [0.15, 0.2) is 0 Å². The molecule has 0 saturated carbocycles. The Morgan fingerprint density at radius 3 is 1.33 bits per heavy atom. The zero-order valence-electron chi connectivity index (χ0n) is 8.32. The van der Waals surface area contributed by atoms with Crippen molar-refractivity contribution in [1.29, 1.82) is 0 Å². The molecule has 0 aromatic heterocycles. The van der Waals surface area contributed by atoms with Crippen molar-refractivity contribution in [3.63, 3.8) is 0 Å². The van der Waals surface area contributed by atoms with Crippen molar-refractivity contribution in [2.45, 2.75) is 24.9 Å². The van der Waals surface area contributed by atoms with Crippen molar-refractivity contribution >= 4 is 46.6 Å². The van der Waals surface area contributed by atoms with Crippen LogP contribution in [0, 0.1) is 0 Å². The third kappa shape index (κ3) is 22.4. The van der Waals surface area contributed by atoms with Crippen molar-refractivity contribution < 1.29 is 0 Å². The van der Waals surface area contributed by atoms with E-state index in [0.717, 1.165) is 0 Å². The summed E-state index contributed by atoms with van der Waals surface area (Å²) in [7, 11) is 0. The summed E-state index contributed by atoms with van der Waals surface area (Å²) in [4.78, 5) is 0. The second kappa shape index (κ2) is 6.35. The zero-order valence-corrected chi connectivity index (χ0v) is 10.8. The molecular weight excluding hydrogens is 202 g/mol. The molecule has 0 N–H and O–H groups in total. The van der Waals surface area contributed by atoms with E-state index in [-0.39, 0.29) is 0 Å². The van der Waals surface area contributed by atoms with Crippen LogP contribution < -0.4 is 0 Å². The normalized spacial score (nSPS) is 11.2. The molecule has 0 atom stereocenters. The summed E-state index contributed by atoms with van der Waals surface area (Å²) in [5, 5.41) is 0. The van der Waals surface area contributed by atoms with Gasteiger partial charge in [-0.15, -0.1) is 35.3 Å². The summed E-state index contributed by atoms with van der Waals surface area (Å²) < 4.78 is 0.500. The molecule has 0 heterocycles. The van der Waals surface area contributed by atoms with Gasteiger partial charge >= 0.3 is 42.6 Å². The van der Waals surface area contributed by atoms with Gasteiger partial charge in [0.05, 0.1) is 0 Å². The molecule has 0 fully saturated rings. The molecule has 0 aliphatic carbocycles. The van der Waals surface area contributed by atoms with Crippen molar-refractivity contribution in [1.82, 2.24) is 0 Å². The molecule has 0 aliphatic heterocycles. The van der Waals surface area contributed by atoms with E-state index in [2.05, 4.69) is 51.6 Å². The van der Waals surface area contributed by atoms with Crippen LogP contribution in [0.4, 0.5) is 0 Å². The van der Waals surface area contributed by atoms with Gasteiger partial charge in [-0.1, -0.05) is 11.4 Å². The Morgan fingerprint density at radius 1 is 1.17 bits per heavy atom. The van der Waals surface area contributed by atoms with Gasteiger partial charge in [-0.2, -0.15) is 0 Å². The number of hydrogen-bond donors (Lipinski definition) is 0. The van der Waals surface area contributed by atoms with Crippen LogP contribution in [0.1, 0.15) is 20.8 Å². The van der Waals surface area contributed by atoms with Crippen LogP contribution in [-0.2, 0) is 0 Å². The van der Waals surface area contributed by atoms with Crippen LogP contribution in [-0.4, -0.2) is 24.4 Å². The molecule has 0 nitrogen and oxygen atoms in total. The van der Waals surface area contributed by atoms with Crippen LogP contribution in [0.2, 0.25) is 4.09 Å². The Bertz CT molecular complexity index is 134. The molecular formula is C8H15Cl2LiSi. The van der Waals surface area contributed by atoms with Gasteiger partial charge in [0, 0.05) is 0 Å². The number of halogens is 2. The molecule has 0 aromatic rings. The van der Waals surface area contributed by atoms with Crippen molar-refractivity contribution in [3.05, 3.63) is 24.6 Å². The fraction of sp³-hybridized carbons (Fsp3) is 0.500. The van der Waals surface area contributed by atoms with Crippen LogP contribution >= 0.6 is 22.2 Å². The molecule has 0 unspecified atom stereocenters. The predicted molar refractivity (Wildman–Crippen MR) is 63.3 cm³/mol. The summed E-state index contributed by atoms with van der Waals surface area (Å²) in [6.45, 7) is 11.2. The van der Waals surface area contributed by atoms with Crippen LogP contribution in [0.3, 0.4) is 0 Å². The Hall–Kier alpha value is 0.874. The van der Waals surface area contributed by atoms with E-state index in [1.807, 2.05) is 0 Å². The van der Waals surface area contributed by atoms with Gasteiger partial charge in [0.1, 0.15) is 0 Å². The molecule has 0 bridgehead atoms. The Labute approximate surface area is 95.6 Å². The van der Waals surface area contributed by atoms with Crippen molar-refractivity contribution in [2.24, 2.45) is 0 Å². The van der Waals surface area contributed by atoms with Crippen molar-refractivity contribution in [2.75, 3.05) is 0 Å². The van der Waals surface area contributed by atoms with E-state index >= 15 is 0 Å². The molecule has 0 amide bonds. The van der Waals surface area contributed by atoms with E-state index in [1.54, 1.807) is 11.4 Å². The summed E-state index contributed by atoms with van der Waals surface area (Å²) in [5.74, 6) is 0. The second-order valence-corrected chi connectivity index (χ2v) is 10.6. The predicted octanol–water partition coefficient (Wildman–Crippen LogP) is 3.73. The molecule has 4 heteroatoms. The van der Waals surface area contributed by atoms with Crippen molar-refractivity contribution in [3.8, 4) is 0 Å². The fourth-order valence-electron chi connectivity index (χ4n) is 0.0833. The molecule has 0 saturated heterocycles. The van der Waals surface area contributed by atoms with E-state index in [4.69, 9.17) is 22.2 Å². The van der Waals surface area contributed by atoms with E-state index in [0.29, 0.717) is 4.09 Å². The fourth-order valence-corrected chi connectivity index (χ4v) is 0.250. The number of rotatable bonds is 2. The quantitative estimate of drug-likeness (QED) is 0.488.